The molecule has 188 valence electrons. The van der Waals surface area contributed by atoms with Crippen LogP contribution in [0.4, 0.5) is 5.69 Å². The van der Waals surface area contributed by atoms with Gasteiger partial charge in [-0.1, -0.05) is 44.2 Å². The van der Waals surface area contributed by atoms with Gasteiger partial charge in [-0.25, -0.2) is 18.5 Å². The Kier molecular flexibility index (Phi) is 7.39. The fourth-order valence-electron chi connectivity index (χ4n) is 4.18. The summed E-state index contributed by atoms with van der Waals surface area (Å²) in [6.45, 7) is 4.30. The van der Waals surface area contributed by atoms with E-state index < -0.39 is 22.0 Å². The average molecular weight is 526 g/mol. The number of nitrogens with zero attached hydrogens (tertiary/aromatic N) is 2. The van der Waals surface area contributed by atoms with Crippen LogP contribution in [0.15, 0.2) is 70.9 Å². The van der Waals surface area contributed by atoms with Crippen molar-refractivity contribution >= 4 is 44.8 Å². The van der Waals surface area contributed by atoms with Crippen LogP contribution in [0.1, 0.15) is 47.0 Å². The summed E-state index contributed by atoms with van der Waals surface area (Å²) in [5.41, 5.74) is 2.35. The summed E-state index contributed by atoms with van der Waals surface area (Å²) in [5, 5.41) is 6.94. The number of primary sulfonamides is 1. The average Bonchev–Trinajstić information content (AvgIpc) is 3.47. The summed E-state index contributed by atoms with van der Waals surface area (Å²) in [5.74, 6) is -0.806. The smallest absolute Gasteiger partial charge is 0.264 e. The molecule has 2 N–H and O–H groups in total. The second kappa shape index (κ2) is 10.3. The van der Waals surface area contributed by atoms with Crippen molar-refractivity contribution in [2.75, 3.05) is 11.4 Å². The number of amides is 3. The van der Waals surface area contributed by atoms with Gasteiger partial charge in [-0.05, 0) is 59.2 Å². The minimum absolute atomic E-state index is 0.00605. The number of hydrogen-bond donors (Lipinski definition) is 1. The van der Waals surface area contributed by atoms with Crippen LogP contribution in [0.25, 0.3) is 0 Å². The molecule has 1 aromatic heterocycles. The Hall–Kier alpha value is -3.34. The standard InChI is InChI=1S/C26H27N3O5S2/c1-17(2)19-7-9-20(10-8-19)29-24(30)16-22(25(29)31)28(26(32)23-4-3-15-35-23)14-13-18-5-11-21(12-6-18)36(27,33)34/h3-12,15,17,22H,13-14,16H2,1-2H3,(H2,27,33,34). The van der Waals surface area contributed by atoms with Crippen molar-refractivity contribution in [3.8, 4) is 0 Å². The highest BCUT2D eigenvalue weighted by Crippen LogP contribution is 2.29. The third-order valence-corrected chi connectivity index (χ3v) is 7.99. The third kappa shape index (κ3) is 5.40. The molecule has 4 rings (SSSR count). The van der Waals surface area contributed by atoms with Gasteiger partial charge < -0.3 is 4.90 Å². The zero-order chi connectivity index (χ0) is 26.0. The maximum absolute atomic E-state index is 13.5. The van der Waals surface area contributed by atoms with Crippen molar-refractivity contribution in [3.05, 3.63) is 82.0 Å². The van der Waals surface area contributed by atoms with E-state index in [1.807, 2.05) is 12.1 Å². The number of hydrogen-bond acceptors (Lipinski definition) is 6. The van der Waals surface area contributed by atoms with Gasteiger partial charge >= 0.3 is 0 Å². The minimum atomic E-state index is -3.81. The molecule has 0 aliphatic carbocycles. The number of thiophene rings is 1. The zero-order valence-corrected chi connectivity index (χ0v) is 21.6. The number of rotatable bonds is 8. The molecule has 36 heavy (non-hydrogen) atoms. The normalized spacial score (nSPS) is 16.1. The molecule has 0 spiro atoms. The summed E-state index contributed by atoms with van der Waals surface area (Å²) < 4.78 is 23.0. The topological polar surface area (TPSA) is 118 Å². The molecule has 1 saturated heterocycles. The molecule has 0 saturated carbocycles. The van der Waals surface area contributed by atoms with E-state index in [1.165, 1.54) is 28.4 Å². The van der Waals surface area contributed by atoms with E-state index >= 15 is 0 Å². The van der Waals surface area contributed by atoms with Crippen LogP contribution in [-0.2, 0) is 26.0 Å². The van der Waals surface area contributed by atoms with Gasteiger partial charge in [0.05, 0.1) is 21.9 Å². The first-order chi connectivity index (χ1) is 17.1. The first kappa shape index (κ1) is 25.7. The van der Waals surface area contributed by atoms with Crippen LogP contribution < -0.4 is 10.0 Å². The summed E-state index contributed by atoms with van der Waals surface area (Å²) >= 11 is 1.27. The molecule has 1 fully saturated rings. The Morgan fingerprint density at radius 3 is 2.31 bits per heavy atom. The van der Waals surface area contributed by atoms with Gasteiger partial charge in [0, 0.05) is 6.54 Å². The molecule has 0 bridgehead atoms. The number of sulfonamides is 1. The van der Waals surface area contributed by atoms with Crippen LogP contribution >= 0.6 is 11.3 Å². The molecule has 1 aliphatic rings. The molecular formula is C26H27N3O5S2. The fraction of sp³-hybridized carbons (Fsp3) is 0.269. The highest BCUT2D eigenvalue weighted by Gasteiger charge is 2.44. The van der Waals surface area contributed by atoms with Crippen LogP contribution in [0, 0.1) is 0 Å². The lowest BCUT2D eigenvalue weighted by molar-refractivity contribution is -0.122. The van der Waals surface area contributed by atoms with Gasteiger partial charge in [0.15, 0.2) is 0 Å². The van der Waals surface area contributed by atoms with E-state index in [1.54, 1.807) is 41.8 Å². The van der Waals surface area contributed by atoms with Crippen molar-refractivity contribution < 1.29 is 22.8 Å². The summed E-state index contributed by atoms with van der Waals surface area (Å²) in [6, 6.07) is 15.9. The molecule has 3 aromatic rings. The lowest BCUT2D eigenvalue weighted by Gasteiger charge is -2.27. The predicted molar refractivity (Wildman–Crippen MR) is 138 cm³/mol. The lowest BCUT2D eigenvalue weighted by atomic mass is 10.0. The van der Waals surface area contributed by atoms with Crippen LogP contribution in [-0.4, -0.2) is 43.6 Å². The van der Waals surface area contributed by atoms with Gasteiger partial charge in [-0.2, -0.15) is 0 Å². The molecule has 0 radical (unpaired) electrons. The van der Waals surface area contributed by atoms with Gasteiger partial charge in [0.2, 0.25) is 15.9 Å². The van der Waals surface area contributed by atoms with E-state index in [0.717, 1.165) is 16.0 Å². The predicted octanol–water partition coefficient (Wildman–Crippen LogP) is 3.54. The van der Waals surface area contributed by atoms with Crippen molar-refractivity contribution in [1.82, 2.24) is 4.90 Å². The Balaban J connectivity index is 1.58. The fourth-order valence-corrected chi connectivity index (χ4v) is 5.37. The molecule has 10 heteroatoms. The number of benzene rings is 2. The third-order valence-electron chi connectivity index (χ3n) is 6.20. The van der Waals surface area contributed by atoms with Crippen LogP contribution in [0.3, 0.4) is 0 Å². The van der Waals surface area contributed by atoms with Crippen molar-refractivity contribution in [2.24, 2.45) is 5.14 Å². The molecule has 1 atom stereocenters. The molecular weight excluding hydrogens is 498 g/mol. The molecule has 3 amide bonds. The summed E-state index contributed by atoms with van der Waals surface area (Å²) in [6.07, 6.45) is 0.259. The molecule has 1 unspecified atom stereocenters. The summed E-state index contributed by atoms with van der Waals surface area (Å²) in [4.78, 5) is 42.8. The summed E-state index contributed by atoms with van der Waals surface area (Å²) in [7, 11) is -3.81. The van der Waals surface area contributed by atoms with Gasteiger partial charge in [0.1, 0.15) is 6.04 Å². The van der Waals surface area contributed by atoms with Crippen LogP contribution in [0.5, 0.6) is 0 Å². The van der Waals surface area contributed by atoms with Crippen molar-refractivity contribution in [1.29, 1.82) is 0 Å². The quantitative estimate of drug-likeness (QED) is 0.452. The largest absolute Gasteiger partial charge is 0.325 e. The SMILES string of the molecule is CC(C)c1ccc(N2C(=O)CC(N(CCc3ccc(S(N)(=O)=O)cc3)C(=O)c3cccs3)C2=O)cc1. The van der Waals surface area contributed by atoms with Gasteiger partial charge in [-0.15, -0.1) is 11.3 Å². The van der Waals surface area contributed by atoms with E-state index in [0.29, 0.717) is 22.9 Å². The monoisotopic (exact) mass is 525 g/mol. The minimum Gasteiger partial charge on any atom is -0.325 e. The Morgan fingerprint density at radius 2 is 1.75 bits per heavy atom. The Bertz CT molecular complexity index is 1370. The molecule has 8 nitrogen and oxygen atoms in total. The van der Waals surface area contributed by atoms with Crippen molar-refractivity contribution in [2.45, 2.75) is 43.5 Å². The first-order valence-corrected chi connectivity index (χ1v) is 13.9. The van der Waals surface area contributed by atoms with Crippen LogP contribution in [0.2, 0.25) is 0 Å². The second-order valence-corrected chi connectivity index (χ2v) is 11.5. The number of carbonyl (C=O) groups excluding carboxylic acids is 3. The molecule has 1 aliphatic heterocycles. The maximum Gasteiger partial charge on any atom is 0.264 e. The number of carbonyl (C=O) groups is 3. The maximum atomic E-state index is 13.5. The van der Waals surface area contributed by atoms with Gasteiger partial charge in [-0.3, -0.25) is 14.4 Å². The highest BCUT2D eigenvalue weighted by molar-refractivity contribution is 7.89. The van der Waals surface area contributed by atoms with Crippen molar-refractivity contribution in [3.63, 3.8) is 0 Å². The van der Waals surface area contributed by atoms with E-state index in [4.69, 9.17) is 5.14 Å². The lowest BCUT2D eigenvalue weighted by Crippen LogP contribution is -2.46. The molecule has 2 aromatic carbocycles. The highest BCUT2D eigenvalue weighted by atomic mass is 32.2. The number of imide groups is 1. The van der Waals surface area contributed by atoms with E-state index in [-0.39, 0.29) is 29.7 Å². The number of anilines is 1. The van der Waals surface area contributed by atoms with E-state index in [9.17, 15) is 22.8 Å². The number of nitrogens with two attached hydrogens (primary N) is 1. The molecule has 2 heterocycles. The van der Waals surface area contributed by atoms with E-state index in [2.05, 4.69) is 13.8 Å². The first-order valence-electron chi connectivity index (χ1n) is 11.5. The Morgan fingerprint density at radius 1 is 1.08 bits per heavy atom. The zero-order valence-electron chi connectivity index (χ0n) is 20.0. The van der Waals surface area contributed by atoms with Gasteiger partial charge in [0.25, 0.3) is 11.8 Å². The Labute approximate surface area is 214 Å². The second-order valence-electron chi connectivity index (χ2n) is 8.95.